The SMILES string of the molecule is CCOC(=O)C1(O)CSC([C@H](Cc2ccccc2)NC(=O)OC(C)(C)C)=N1. The molecule has 1 aliphatic heterocycles. The number of hydrogen-bond acceptors (Lipinski definition) is 7. The van der Waals surface area contributed by atoms with Crippen LogP contribution in [-0.4, -0.2) is 51.9 Å². The van der Waals surface area contributed by atoms with Gasteiger partial charge in [0.15, 0.2) is 0 Å². The van der Waals surface area contributed by atoms with Crippen molar-refractivity contribution >= 4 is 28.9 Å². The molecule has 7 nitrogen and oxygen atoms in total. The maximum absolute atomic E-state index is 12.3. The first-order valence-electron chi connectivity index (χ1n) is 8.78. The lowest BCUT2D eigenvalue weighted by Gasteiger charge is -2.23. The molecular weight excluding hydrogens is 368 g/mol. The highest BCUT2D eigenvalue weighted by atomic mass is 32.2. The van der Waals surface area contributed by atoms with Crippen LogP contribution in [0.25, 0.3) is 0 Å². The maximum Gasteiger partial charge on any atom is 0.408 e. The van der Waals surface area contributed by atoms with E-state index >= 15 is 0 Å². The molecule has 1 heterocycles. The zero-order valence-electron chi connectivity index (χ0n) is 16.0. The highest BCUT2D eigenvalue weighted by Crippen LogP contribution is 2.29. The summed E-state index contributed by atoms with van der Waals surface area (Å²) in [6, 6.07) is 9.04. The molecule has 0 saturated carbocycles. The minimum atomic E-state index is -1.93. The van der Waals surface area contributed by atoms with Crippen molar-refractivity contribution in [2.75, 3.05) is 12.4 Å². The van der Waals surface area contributed by atoms with Crippen LogP contribution in [0.1, 0.15) is 33.3 Å². The second kappa shape index (κ2) is 8.75. The Morgan fingerprint density at radius 2 is 2.00 bits per heavy atom. The van der Waals surface area contributed by atoms with Crippen LogP contribution in [0, 0.1) is 0 Å². The fourth-order valence-electron chi connectivity index (χ4n) is 2.45. The van der Waals surface area contributed by atoms with E-state index < -0.39 is 29.4 Å². The number of esters is 1. The molecule has 2 rings (SSSR count). The number of hydrogen-bond donors (Lipinski definition) is 2. The van der Waals surface area contributed by atoms with E-state index in [1.54, 1.807) is 27.7 Å². The number of ether oxygens (including phenoxy) is 2. The number of aliphatic imine (C=N–C) groups is 1. The topological polar surface area (TPSA) is 97.2 Å². The number of amides is 1. The van der Waals surface area contributed by atoms with Gasteiger partial charge in [0.1, 0.15) is 5.60 Å². The van der Waals surface area contributed by atoms with Crippen LogP contribution in [0.5, 0.6) is 0 Å². The lowest BCUT2D eigenvalue weighted by molar-refractivity contribution is -0.161. The van der Waals surface area contributed by atoms with Crippen LogP contribution in [-0.2, 0) is 20.7 Å². The van der Waals surface area contributed by atoms with Crippen molar-refractivity contribution in [2.24, 2.45) is 4.99 Å². The number of carbonyl (C=O) groups excluding carboxylic acids is 2. The molecule has 148 valence electrons. The Morgan fingerprint density at radius 1 is 1.33 bits per heavy atom. The monoisotopic (exact) mass is 394 g/mol. The molecule has 2 N–H and O–H groups in total. The van der Waals surface area contributed by atoms with E-state index in [2.05, 4.69) is 10.3 Å². The third-order valence-corrected chi connectivity index (χ3v) is 4.81. The first kappa shape index (κ1) is 21.2. The molecule has 8 heteroatoms. The fraction of sp³-hybridized carbons (Fsp3) is 0.526. The number of aliphatic hydroxyl groups is 1. The lowest BCUT2D eigenvalue weighted by atomic mass is 10.1. The van der Waals surface area contributed by atoms with Crippen molar-refractivity contribution in [3.05, 3.63) is 35.9 Å². The molecule has 0 radical (unpaired) electrons. The minimum absolute atomic E-state index is 0.0441. The van der Waals surface area contributed by atoms with Gasteiger partial charge >= 0.3 is 12.1 Å². The molecule has 1 amide bonds. The van der Waals surface area contributed by atoms with Crippen LogP contribution in [0.15, 0.2) is 35.3 Å². The van der Waals surface area contributed by atoms with Crippen LogP contribution in [0.4, 0.5) is 4.79 Å². The lowest BCUT2D eigenvalue weighted by Crippen LogP contribution is -2.44. The second-order valence-corrected chi connectivity index (χ2v) is 8.16. The number of nitrogens with zero attached hydrogens (tertiary/aromatic N) is 1. The van der Waals surface area contributed by atoms with Gasteiger partial charge in [-0.1, -0.05) is 30.3 Å². The third kappa shape index (κ3) is 6.25. The molecule has 1 aliphatic rings. The Balaban J connectivity index is 2.21. The van der Waals surface area contributed by atoms with Crippen LogP contribution < -0.4 is 5.32 Å². The van der Waals surface area contributed by atoms with E-state index in [0.717, 1.165) is 5.56 Å². The Morgan fingerprint density at radius 3 is 2.59 bits per heavy atom. The zero-order chi connectivity index (χ0) is 20.1. The number of benzene rings is 1. The molecule has 0 fully saturated rings. The molecule has 1 aromatic rings. The van der Waals surface area contributed by atoms with E-state index in [-0.39, 0.29) is 12.4 Å². The van der Waals surface area contributed by atoms with Crippen molar-refractivity contribution in [1.82, 2.24) is 5.32 Å². The normalized spacial score (nSPS) is 20.6. The molecule has 27 heavy (non-hydrogen) atoms. The summed E-state index contributed by atoms with van der Waals surface area (Å²) in [7, 11) is 0. The Hall–Kier alpha value is -2.06. The van der Waals surface area contributed by atoms with Gasteiger partial charge in [0, 0.05) is 0 Å². The van der Waals surface area contributed by atoms with E-state index in [9.17, 15) is 14.7 Å². The number of rotatable bonds is 6. The molecule has 0 aromatic heterocycles. The third-order valence-electron chi connectivity index (χ3n) is 3.59. The Kier molecular flexibility index (Phi) is 6.89. The van der Waals surface area contributed by atoms with E-state index in [1.807, 2.05) is 30.3 Å². The Labute approximate surface area is 163 Å². The Bertz CT molecular complexity index is 702. The van der Waals surface area contributed by atoms with E-state index in [4.69, 9.17) is 9.47 Å². The highest BCUT2D eigenvalue weighted by molar-refractivity contribution is 8.14. The number of nitrogens with one attached hydrogen (secondary N) is 1. The van der Waals surface area contributed by atoms with E-state index in [0.29, 0.717) is 11.5 Å². The standard InChI is InChI=1S/C19H26N2O5S/c1-5-25-16(22)19(24)12-27-15(21-19)14(11-13-9-7-6-8-10-13)20-17(23)26-18(2,3)4/h6-10,14,24H,5,11-12H2,1-4H3,(H,20,23)/t14-,19?/m0/s1. The first-order chi connectivity index (χ1) is 12.6. The fourth-order valence-corrected chi connectivity index (χ4v) is 3.54. The summed E-state index contributed by atoms with van der Waals surface area (Å²) in [5.74, 6) is -0.745. The van der Waals surface area contributed by atoms with Gasteiger partial charge < -0.3 is 19.9 Å². The summed E-state index contributed by atoms with van der Waals surface area (Å²) in [5, 5.41) is 13.7. The van der Waals surface area contributed by atoms with Gasteiger partial charge in [0.2, 0.25) is 0 Å². The predicted octanol–water partition coefficient (Wildman–Crippen LogP) is 2.52. The van der Waals surface area contributed by atoms with Crippen molar-refractivity contribution in [2.45, 2.75) is 51.5 Å². The van der Waals surface area contributed by atoms with Crippen molar-refractivity contribution in [3.8, 4) is 0 Å². The molecule has 0 spiro atoms. The molecule has 1 aromatic carbocycles. The van der Waals surface area contributed by atoms with Gasteiger partial charge in [-0.25, -0.2) is 14.6 Å². The molecule has 0 bridgehead atoms. The van der Waals surface area contributed by atoms with Crippen LogP contribution in [0.2, 0.25) is 0 Å². The number of alkyl carbamates (subject to hydrolysis) is 1. The molecule has 1 unspecified atom stereocenters. The highest BCUT2D eigenvalue weighted by Gasteiger charge is 2.44. The summed E-state index contributed by atoms with van der Waals surface area (Å²) in [4.78, 5) is 28.4. The molecular formula is C19H26N2O5S. The second-order valence-electron chi connectivity index (χ2n) is 7.16. The zero-order valence-corrected chi connectivity index (χ0v) is 16.8. The minimum Gasteiger partial charge on any atom is -0.462 e. The quantitative estimate of drug-likeness (QED) is 0.720. The molecule has 0 aliphatic carbocycles. The number of carbonyl (C=O) groups is 2. The smallest absolute Gasteiger partial charge is 0.408 e. The van der Waals surface area contributed by atoms with Gasteiger partial charge in [-0.2, -0.15) is 0 Å². The van der Waals surface area contributed by atoms with Gasteiger partial charge in [-0.3, -0.25) is 0 Å². The van der Waals surface area contributed by atoms with Crippen LogP contribution >= 0.6 is 11.8 Å². The summed E-state index contributed by atoms with van der Waals surface area (Å²) in [5.41, 5.74) is -1.59. The maximum atomic E-state index is 12.3. The van der Waals surface area contributed by atoms with Crippen molar-refractivity contribution in [1.29, 1.82) is 0 Å². The average molecular weight is 394 g/mol. The van der Waals surface area contributed by atoms with Gasteiger partial charge in [0.05, 0.1) is 23.4 Å². The predicted molar refractivity (Wildman–Crippen MR) is 105 cm³/mol. The summed E-state index contributed by atoms with van der Waals surface area (Å²) in [6.45, 7) is 7.15. The summed E-state index contributed by atoms with van der Waals surface area (Å²) >= 11 is 1.22. The van der Waals surface area contributed by atoms with E-state index in [1.165, 1.54) is 11.8 Å². The first-order valence-corrected chi connectivity index (χ1v) is 9.77. The van der Waals surface area contributed by atoms with Crippen LogP contribution in [0.3, 0.4) is 0 Å². The van der Waals surface area contributed by atoms with Crippen molar-refractivity contribution < 1.29 is 24.2 Å². The molecule has 0 saturated heterocycles. The molecule has 2 atom stereocenters. The van der Waals surface area contributed by atoms with Gasteiger partial charge in [-0.05, 0) is 39.7 Å². The number of thioether (sulfide) groups is 1. The summed E-state index contributed by atoms with van der Waals surface area (Å²) < 4.78 is 10.2. The summed E-state index contributed by atoms with van der Waals surface area (Å²) in [6.07, 6.45) is -0.136. The largest absolute Gasteiger partial charge is 0.462 e. The van der Waals surface area contributed by atoms with Gasteiger partial charge in [0.25, 0.3) is 5.72 Å². The van der Waals surface area contributed by atoms with Gasteiger partial charge in [-0.15, -0.1) is 11.8 Å². The average Bonchev–Trinajstić information content (AvgIpc) is 2.97. The van der Waals surface area contributed by atoms with Crippen molar-refractivity contribution in [3.63, 3.8) is 0 Å².